The number of hydrogen-bond acceptors (Lipinski definition) is 3. The van der Waals surface area contributed by atoms with Crippen molar-refractivity contribution in [3.63, 3.8) is 0 Å². The van der Waals surface area contributed by atoms with E-state index in [2.05, 4.69) is 11.9 Å². The summed E-state index contributed by atoms with van der Waals surface area (Å²) in [7, 11) is 1.54. The van der Waals surface area contributed by atoms with Crippen molar-refractivity contribution in [1.29, 1.82) is 0 Å². The smallest absolute Gasteiger partial charge is 0.251 e. The third kappa shape index (κ3) is 3.52. The van der Waals surface area contributed by atoms with Gasteiger partial charge in [0.2, 0.25) is 0 Å². The molecule has 17 heavy (non-hydrogen) atoms. The molecule has 0 aliphatic heterocycles. The van der Waals surface area contributed by atoms with E-state index in [4.69, 9.17) is 10.5 Å². The molecule has 0 aliphatic carbocycles. The van der Waals surface area contributed by atoms with Crippen molar-refractivity contribution in [2.75, 3.05) is 12.8 Å². The number of rotatable bonds is 5. The minimum Gasteiger partial charge on any atom is -0.495 e. The molecule has 0 aliphatic rings. The van der Waals surface area contributed by atoms with Crippen molar-refractivity contribution in [1.82, 2.24) is 5.32 Å². The van der Waals surface area contributed by atoms with Crippen molar-refractivity contribution in [3.8, 4) is 5.75 Å². The second-order valence-electron chi connectivity index (χ2n) is 3.86. The lowest BCUT2D eigenvalue weighted by molar-refractivity contribution is 0.0940. The van der Waals surface area contributed by atoms with Gasteiger partial charge in [-0.15, -0.1) is 6.58 Å². The van der Waals surface area contributed by atoms with Crippen LogP contribution in [0.3, 0.4) is 0 Å². The maximum atomic E-state index is 11.8. The summed E-state index contributed by atoms with van der Waals surface area (Å²) in [5.41, 5.74) is 6.72. The number of hydrogen-bond donors (Lipinski definition) is 2. The molecule has 4 nitrogen and oxygen atoms in total. The summed E-state index contributed by atoms with van der Waals surface area (Å²) in [6.07, 6.45) is 2.50. The molecule has 0 heterocycles. The van der Waals surface area contributed by atoms with E-state index in [0.717, 1.165) is 6.42 Å². The molecule has 0 bridgehead atoms. The number of amides is 1. The second-order valence-corrected chi connectivity index (χ2v) is 3.86. The molecular weight excluding hydrogens is 216 g/mol. The van der Waals surface area contributed by atoms with Gasteiger partial charge in [0, 0.05) is 11.6 Å². The Bertz CT molecular complexity index is 416. The molecule has 92 valence electrons. The number of nitrogens with two attached hydrogens (primary N) is 1. The molecule has 1 unspecified atom stereocenters. The molecular formula is C13H18N2O2. The topological polar surface area (TPSA) is 64.3 Å². The highest BCUT2D eigenvalue weighted by atomic mass is 16.5. The Kier molecular flexibility index (Phi) is 4.57. The average Bonchev–Trinajstić information content (AvgIpc) is 2.29. The Morgan fingerprint density at radius 1 is 1.65 bits per heavy atom. The van der Waals surface area contributed by atoms with Gasteiger partial charge in [0.1, 0.15) is 5.75 Å². The van der Waals surface area contributed by atoms with Gasteiger partial charge in [-0.1, -0.05) is 6.08 Å². The van der Waals surface area contributed by atoms with Crippen LogP contribution in [0, 0.1) is 0 Å². The van der Waals surface area contributed by atoms with Crippen molar-refractivity contribution in [2.24, 2.45) is 0 Å². The van der Waals surface area contributed by atoms with Crippen LogP contribution in [0.1, 0.15) is 23.7 Å². The third-order valence-corrected chi connectivity index (χ3v) is 2.39. The molecule has 0 radical (unpaired) electrons. The predicted molar refractivity (Wildman–Crippen MR) is 69.1 cm³/mol. The zero-order valence-electron chi connectivity index (χ0n) is 10.2. The summed E-state index contributed by atoms with van der Waals surface area (Å²) in [4.78, 5) is 11.8. The Morgan fingerprint density at radius 2 is 2.35 bits per heavy atom. The minimum atomic E-state index is -0.145. The fraction of sp³-hybridized carbons (Fsp3) is 0.308. The minimum absolute atomic E-state index is 0.0586. The monoisotopic (exact) mass is 234 g/mol. The molecule has 1 atom stereocenters. The largest absolute Gasteiger partial charge is 0.495 e. The van der Waals surface area contributed by atoms with Crippen molar-refractivity contribution >= 4 is 11.6 Å². The zero-order chi connectivity index (χ0) is 12.8. The van der Waals surface area contributed by atoms with Crippen LogP contribution in [0.25, 0.3) is 0 Å². The zero-order valence-corrected chi connectivity index (χ0v) is 10.2. The van der Waals surface area contributed by atoms with E-state index in [0.29, 0.717) is 17.0 Å². The summed E-state index contributed by atoms with van der Waals surface area (Å²) in [6, 6.07) is 5.03. The first-order valence-corrected chi connectivity index (χ1v) is 5.43. The van der Waals surface area contributed by atoms with Crippen LogP contribution in [0.15, 0.2) is 30.9 Å². The van der Waals surface area contributed by atoms with E-state index in [-0.39, 0.29) is 11.9 Å². The molecule has 3 N–H and O–H groups in total. The van der Waals surface area contributed by atoms with Gasteiger partial charge in [-0.05, 0) is 31.5 Å². The third-order valence-electron chi connectivity index (χ3n) is 2.39. The maximum Gasteiger partial charge on any atom is 0.251 e. The van der Waals surface area contributed by atoms with Crippen LogP contribution in [-0.2, 0) is 0 Å². The van der Waals surface area contributed by atoms with Gasteiger partial charge >= 0.3 is 0 Å². The molecule has 0 aromatic heterocycles. The normalized spacial score (nSPS) is 11.6. The van der Waals surface area contributed by atoms with Crippen molar-refractivity contribution in [2.45, 2.75) is 19.4 Å². The first-order chi connectivity index (χ1) is 8.08. The fourth-order valence-corrected chi connectivity index (χ4v) is 1.49. The maximum absolute atomic E-state index is 11.8. The summed E-state index contributed by atoms with van der Waals surface area (Å²) in [5.74, 6) is 0.425. The number of benzene rings is 1. The molecule has 1 rings (SSSR count). The number of ether oxygens (including phenoxy) is 1. The van der Waals surface area contributed by atoms with Gasteiger partial charge in [0.25, 0.3) is 5.91 Å². The van der Waals surface area contributed by atoms with Crippen LogP contribution in [-0.4, -0.2) is 19.1 Å². The average molecular weight is 234 g/mol. The quantitative estimate of drug-likeness (QED) is 0.604. The lowest BCUT2D eigenvalue weighted by atomic mass is 10.1. The number of nitrogens with one attached hydrogen (secondary N) is 1. The first kappa shape index (κ1) is 13.1. The predicted octanol–water partition coefficient (Wildman–Crippen LogP) is 1.97. The Hall–Kier alpha value is -1.97. The molecule has 0 fully saturated rings. The number of carbonyl (C=O) groups is 1. The van der Waals surface area contributed by atoms with Gasteiger partial charge in [-0.3, -0.25) is 4.79 Å². The standard InChI is InChI=1S/C13H18N2O2/c1-4-5-9(2)15-13(16)10-6-7-12(17-3)11(14)8-10/h4,6-9H,1,5,14H2,2-3H3,(H,15,16). The van der Waals surface area contributed by atoms with Crippen LogP contribution >= 0.6 is 0 Å². The van der Waals surface area contributed by atoms with Crippen LogP contribution in [0.4, 0.5) is 5.69 Å². The molecule has 0 saturated carbocycles. The molecule has 1 amide bonds. The summed E-state index contributed by atoms with van der Waals surface area (Å²) in [5, 5.41) is 2.86. The van der Waals surface area contributed by atoms with E-state index in [1.54, 1.807) is 24.3 Å². The van der Waals surface area contributed by atoms with Gasteiger partial charge in [0.15, 0.2) is 0 Å². The van der Waals surface area contributed by atoms with Crippen LogP contribution in [0.5, 0.6) is 5.75 Å². The SMILES string of the molecule is C=CCC(C)NC(=O)c1ccc(OC)c(N)c1. The number of methoxy groups -OCH3 is 1. The van der Waals surface area contributed by atoms with E-state index in [1.807, 2.05) is 6.92 Å². The highest BCUT2D eigenvalue weighted by molar-refractivity contribution is 5.95. The van der Waals surface area contributed by atoms with Crippen LogP contribution < -0.4 is 15.8 Å². The summed E-state index contributed by atoms with van der Waals surface area (Å²) < 4.78 is 5.03. The van der Waals surface area contributed by atoms with Gasteiger partial charge in [0.05, 0.1) is 12.8 Å². The van der Waals surface area contributed by atoms with E-state index < -0.39 is 0 Å². The van der Waals surface area contributed by atoms with Gasteiger partial charge in [-0.25, -0.2) is 0 Å². The van der Waals surface area contributed by atoms with Gasteiger partial charge < -0.3 is 15.8 Å². The highest BCUT2D eigenvalue weighted by Gasteiger charge is 2.10. The summed E-state index contributed by atoms with van der Waals surface area (Å²) in [6.45, 7) is 5.55. The van der Waals surface area contributed by atoms with E-state index >= 15 is 0 Å². The Labute approximate surface area is 101 Å². The molecule has 1 aromatic rings. The van der Waals surface area contributed by atoms with Gasteiger partial charge in [-0.2, -0.15) is 0 Å². The highest BCUT2D eigenvalue weighted by Crippen LogP contribution is 2.21. The Morgan fingerprint density at radius 3 is 2.88 bits per heavy atom. The lowest BCUT2D eigenvalue weighted by Gasteiger charge is -2.12. The molecule has 0 saturated heterocycles. The van der Waals surface area contributed by atoms with Crippen molar-refractivity contribution in [3.05, 3.63) is 36.4 Å². The summed E-state index contributed by atoms with van der Waals surface area (Å²) >= 11 is 0. The molecule has 4 heteroatoms. The first-order valence-electron chi connectivity index (χ1n) is 5.43. The van der Waals surface area contributed by atoms with Crippen LogP contribution in [0.2, 0.25) is 0 Å². The van der Waals surface area contributed by atoms with Crippen molar-refractivity contribution < 1.29 is 9.53 Å². The number of nitrogen functional groups attached to an aromatic ring is 1. The molecule has 1 aromatic carbocycles. The second kappa shape index (κ2) is 5.94. The fourth-order valence-electron chi connectivity index (χ4n) is 1.49. The lowest BCUT2D eigenvalue weighted by Crippen LogP contribution is -2.32. The van der Waals surface area contributed by atoms with E-state index in [1.165, 1.54) is 7.11 Å². The van der Waals surface area contributed by atoms with E-state index in [9.17, 15) is 4.79 Å². The number of carbonyl (C=O) groups excluding carboxylic acids is 1. The Balaban J connectivity index is 2.76. The number of anilines is 1. The molecule has 0 spiro atoms.